The molecule has 9 heteroatoms. The summed E-state index contributed by atoms with van der Waals surface area (Å²) in [5, 5.41) is 3.34. The van der Waals surface area contributed by atoms with Crippen molar-refractivity contribution < 1.29 is 18.0 Å². The Hall–Kier alpha value is -2.58. The number of carbonyl (C=O) groups excluding carboxylic acids is 2. The molecular formula is C25H34ClN3O4S. The number of halogens is 1. The summed E-state index contributed by atoms with van der Waals surface area (Å²) in [5.41, 5.74) is 2.03. The molecule has 0 aromatic heterocycles. The Kier molecular flexibility index (Phi) is 10.4. The number of anilines is 1. The second-order valence-electron chi connectivity index (χ2n) is 8.34. The molecule has 186 valence electrons. The van der Waals surface area contributed by atoms with Crippen LogP contribution in [0.5, 0.6) is 0 Å². The Morgan fingerprint density at radius 1 is 1.12 bits per heavy atom. The van der Waals surface area contributed by atoms with E-state index in [4.69, 9.17) is 11.6 Å². The molecule has 0 unspecified atom stereocenters. The van der Waals surface area contributed by atoms with E-state index in [0.29, 0.717) is 29.2 Å². The number of amides is 2. The second kappa shape index (κ2) is 12.8. The number of rotatable bonds is 12. The van der Waals surface area contributed by atoms with Crippen molar-refractivity contribution in [1.29, 1.82) is 0 Å². The molecule has 2 rings (SSSR count). The monoisotopic (exact) mass is 507 g/mol. The maximum absolute atomic E-state index is 13.5. The Labute approximate surface area is 208 Å². The summed E-state index contributed by atoms with van der Waals surface area (Å²) in [7, 11) is -3.77. The maximum atomic E-state index is 13.5. The average Bonchev–Trinajstić information content (AvgIpc) is 2.78. The van der Waals surface area contributed by atoms with Crippen LogP contribution in [0.15, 0.2) is 48.5 Å². The molecule has 34 heavy (non-hydrogen) atoms. The molecule has 2 aromatic rings. The molecule has 1 N–H and O–H groups in total. The third-order valence-corrected chi connectivity index (χ3v) is 6.95. The molecule has 0 aliphatic rings. The molecule has 0 spiro atoms. The molecule has 0 aliphatic carbocycles. The lowest BCUT2D eigenvalue weighted by atomic mass is 10.1. The van der Waals surface area contributed by atoms with Gasteiger partial charge in [0.15, 0.2) is 0 Å². The molecular weight excluding hydrogens is 474 g/mol. The predicted octanol–water partition coefficient (Wildman–Crippen LogP) is 3.79. The van der Waals surface area contributed by atoms with Gasteiger partial charge in [-0.3, -0.25) is 13.9 Å². The number of carbonyl (C=O) groups is 2. The Bertz CT molecular complexity index is 1080. The molecule has 2 aromatic carbocycles. The zero-order valence-electron chi connectivity index (χ0n) is 20.3. The number of nitrogens with zero attached hydrogens (tertiary/aromatic N) is 2. The van der Waals surface area contributed by atoms with E-state index in [-0.39, 0.29) is 12.5 Å². The van der Waals surface area contributed by atoms with Gasteiger partial charge in [0.1, 0.15) is 12.6 Å². The lowest BCUT2D eigenvalue weighted by molar-refractivity contribution is -0.138. The highest BCUT2D eigenvalue weighted by Gasteiger charge is 2.30. The third kappa shape index (κ3) is 8.02. The van der Waals surface area contributed by atoms with Crippen LogP contribution < -0.4 is 9.62 Å². The van der Waals surface area contributed by atoms with Gasteiger partial charge in [0.05, 0.1) is 11.9 Å². The number of sulfonamides is 1. The summed E-state index contributed by atoms with van der Waals surface area (Å²) in [6.45, 7) is 5.83. The lowest BCUT2D eigenvalue weighted by Gasteiger charge is -2.32. The molecule has 0 saturated carbocycles. The van der Waals surface area contributed by atoms with E-state index in [1.807, 2.05) is 37.3 Å². The van der Waals surface area contributed by atoms with Gasteiger partial charge in [0.2, 0.25) is 21.8 Å². The highest BCUT2D eigenvalue weighted by Crippen LogP contribution is 2.26. The standard InChI is InChI=1S/C25H34ClN3O4S/c1-5-6-15-27-25(31)20(3)28(16-14-21-10-8-7-9-11-21)24(30)18-29(34(4,32)33)23-13-12-22(26)17-19(23)2/h7-13,17,20H,5-6,14-16,18H2,1-4H3,(H,27,31)/t20-/m1/s1. The fraction of sp³-hybridized carbons (Fsp3) is 0.440. The Morgan fingerprint density at radius 3 is 2.38 bits per heavy atom. The lowest BCUT2D eigenvalue weighted by Crippen LogP contribution is -2.52. The first-order chi connectivity index (χ1) is 16.0. The van der Waals surface area contributed by atoms with Crippen molar-refractivity contribution in [2.45, 2.75) is 46.1 Å². The Morgan fingerprint density at radius 2 is 1.79 bits per heavy atom. The number of unbranched alkanes of at least 4 members (excludes halogenated alkanes) is 1. The summed E-state index contributed by atoms with van der Waals surface area (Å²) in [4.78, 5) is 27.7. The van der Waals surface area contributed by atoms with Gasteiger partial charge in [0, 0.05) is 18.1 Å². The van der Waals surface area contributed by atoms with Crippen LogP contribution >= 0.6 is 11.6 Å². The van der Waals surface area contributed by atoms with Crippen LogP contribution in [-0.4, -0.2) is 57.1 Å². The van der Waals surface area contributed by atoms with Crippen LogP contribution in [0, 0.1) is 6.92 Å². The minimum atomic E-state index is -3.77. The van der Waals surface area contributed by atoms with E-state index in [0.717, 1.165) is 29.0 Å². The van der Waals surface area contributed by atoms with E-state index in [9.17, 15) is 18.0 Å². The molecule has 0 saturated heterocycles. The van der Waals surface area contributed by atoms with E-state index in [1.165, 1.54) is 4.90 Å². The summed E-state index contributed by atoms with van der Waals surface area (Å²) in [6.07, 6.45) is 3.38. The highest BCUT2D eigenvalue weighted by atomic mass is 35.5. The third-order valence-electron chi connectivity index (χ3n) is 5.59. The molecule has 0 radical (unpaired) electrons. The van der Waals surface area contributed by atoms with Gasteiger partial charge in [-0.1, -0.05) is 55.3 Å². The first-order valence-electron chi connectivity index (χ1n) is 11.4. The fourth-order valence-corrected chi connectivity index (χ4v) is 4.73. The zero-order valence-corrected chi connectivity index (χ0v) is 21.8. The van der Waals surface area contributed by atoms with Gasteiger partial charge < -0.3 is 10.2 Å². The normalized spacial score (nSPS) is 12.1. The minimum Gasteiger partial charge on any atom is -0.354 e. The number of aryl methyl sites for hydroxylation is 1. The first kappa shape index (κ1) is 27.7. The van der Waals surface area contributed by atoms with Crippen molar-refractivity contribution in [2.24, 2.45) is 0 Å². The van der Waals surface area contributed by atoms with Crippen molar-refractivity contribution in [3.63, 3.8) is 0 Å². The molecule has 0 aliphatic heterocycles. The highest BCUT2D eigenvalue weighted by molar-refractivity contribution is 7.92. The van der Waals surface area contributed by atoms with E-state index in [2.05, 4.69) is 5.32 Å². The van der Waals surface area contributed by atoms with Gasteiger partial charge in [0.25, 0.3) is 0 Å². The summed E-state index contributed by atoms with van der Waals surface area (Å²) >= 11 is 6.03. The van der Waals surface area contributed by atoms with Crippen LogP contribution in [-0.2, 0) is 26.0 Å². The van der Waals surface area contributed by atoms with E-state index < -0.39 is 28.5 Å². The largest absolute Gasteiger partial charge is 0.354 e. The Balaban J connectivity index is 2.30. The van der Waals surface area contributed by atoms with Crippen molar-refractivity contribution in [1.82, 2.24) is 10.2 Å². The van der Waals surface area contributed by atoms with Crippen molar-refractivity contribution in [2.75, 3.05) is 30.2 Å². The van der Waals surface area contributed by atoms with Crippen LogP contribution in [0.25, 0.3) is 0 Å². The van der Waals surface area contributed by atoms with Crippen LogP contribution in [0.2, 0.25) is 5.02 Å². The molecule has 1 atom stereocenters. The molecule has 0 bridgehead atoms. The zero-order chi connectivity index (χ0) is 25.3. The SMILES string of the molecule is CCCCNC(=O)[C@@H](C)N(CCc1ccccc1)C(=O)CN(c1ccc(Cl)cc1C)S(C)(=O)=O. The van der Waals surface area contributed by atoms with Crippen LogP contribution in [0.3, 0.4) is 0 Å². The number of hydrogen-bond donors (Lipinski definition) is 1. The molecule has 2 amide bonds. The number of benzene rings is 2. The van der Waals surface area contributed by atoms with E-state index >= 15 is 0 Å². The van der Waals surface area contributed by atoms with Gasteiger partial charge in [-0.05, 0) is 56.0 Å². The average molecular weight is 508 g/mol. The van der Waals surface area contributed by atoms with Crippen molar-refractivity contribution in [3.05, 3.63) is 64.7 Å². The molecule has 0 heterocycles. The molecule has 0 fully saturated rings. The summed E-state index contributed by atoms with van der Waals surface area (Å²) < 4.78 is 26.3. The maximum Gasteiger partial charge on any atom is 0.244 e. The van der Waals surface area contributed by atoms with Gasteiger partial charge in [-0.25, -0.2) is 8.42 Å². The number of hydrogen-bond acceptors (Lipinski definition) is 4. The van der Waals surface area contributed by atoms with Gasteiger partial charge >= 0.3 is 0 Å². The summed E-state index contributed by atoms with van der Waals surface area (Å²) in [5.74, 6) is -0.711. The topological polar surface area (TPSA) is 86.8 Å². The van der Waals surface area contributed by atoms with Gasteiger partial charge in [-0.15, -0.1) is 0 Å². The quantitative estimate of drug-likeness (QED) is 0.443. The summed E-state index contributed by atoms with van der Waals surface area (Å²) in [6, 6.07) is 13.7. The van der Waals surface area contributed by atoms with Crippen molar-refractivity contribution in [3.8, 4) is 0 Å². The van der Waals surface area contributed by atoms with Crippen LogP contribution in [0.4, 0.5) is 5.69 Å². The minimum absolute atomic E-state index is 0.261. The number of nitrogens with one attached hydrogen (secondary N) is 1. The fourth-order valence-electron chi connectivity index (χ4n) is 3.60. The molecule has 7 nitrogen and oxygen atoms in total. The first-order valence-corrected chi connectivity index (χ1v) is 13.6. The second-order valence-corrected chi connectivity index (χ2v) is 10.7. The smallest absolute Gasteiger partial charge is 0.244 e. The van der Waals surface area contributed by atoms with Crippen LogP contribution in [0.1, 0.15) is 37.8 Å². The van der Waals surface area contributed by atoms with Crippen molar-refractivity contribution >= 4 is 39.1 Å². The van der Waals surface area contributed by atoms with E-state index in [1.54, 1.807) is 32.0 Å². The van der Waals surface area contributed by atoms with Gasteiger partial charge in [-0.2, -0.15) is 0 Å². The predicted molar refractivity (Wildman–Crippen MR) is 138 cm³/mol.